The number of ether oxygens (including phenoxy) is 5. The van der Waals surface area contributed by atoms with Crippen molar-refractivity contribution in [1.82, 2.24) is 0 Å². The summed E-state index contributed by atoms with van der Waals surface area (Å²) in [4.78, 5) is 64.7. The van der Waals surface area contributed by atoms with Gasteiger partial charge in [-0.2, -0.15) is 0 Å². The van der Waals surface area contributed by atoms with Crippen molar-refractivity contribution in [3.05, 3.63) is 11.3 Å². The summed E-state index contributed by atoms with van der Waals surface area (Å²) in [5.41, 5.74) is 0.0414. The van der Waals surface area contributed by atoms with Crippen molar-refractivity contribution in [2.45, 2.75) is 27.7 Å². The summed E-state index contributed by atoms with van der Waals surface area (Å²) in [6, 6.07) is 0. The maximum atomic E-state index is 12.6. The van der Waals surface area contributed by atoms with Crippen molar-refractivity contribution >= 4 is 35.6 Å². The maximum Gasteiger partial charge on any atom is 0.344 e. The van der Waals surface area contributed by atoms with Crippen LogP contribution in [-0.4, -0.2) is 69.1 Å². The van der Waals surface area contributed by atoms with Crippen molar-refractivity contribution in [3.63, 3.8) is 0 Å². The quantitative estimate of drug-likeness (QED) is 0.373. The van der Waals surface area contributed by atoms with Gasteiger partial charge in [0.05, 0.1) is 25.9 Å². The lowest BCUT2D eigenvalue weighted by Gasteiger charge is -2.29. The number of carbonyl (C=O) groups excluding carboxylic acids is 5. The molecular weight excluding hydrogens is 402 g/mol. The third-order valence-electron chi connectivity index (χ3n) is 4.02. The van der Waals surface area contributed by atoms with E-state index in [9.17, 15) is 24.0 Å². The molecule has 11 nitrogen and oxygen atoms in total. The molecule has 1 rings (SSSR count). The summed E-state index contributed by atoms with van der Waals surface area (Å²) in [7, 11) is 1.08. The SMILES string of the molecule is CCOC(=O)COC(=O)C1=C(C)N=C(C)C(C(=O)OCC(=O)OCC)C1C(=O)OC. The Balaban J connectivity index is 3.14. The van der Waals surface area contributed by atoms with Gasteiger partial charge in [0.15, 0.2) is 13.2 Å². The van der Waals surface area contributed by atoms with E-state index in [1.54, 1.807) is 13.8 Å². The zero-order chi connectivity index (χ0) is 22.8. The van der Waals surface area contributed by atoms with Crippen LogP contribution in [0.4, 0.5) is 0 Å². The first-order chi connectivity index (χ1) is 14.2. The fourth-order valence-corrected chi connectivity index (χ4v) is 2.82. The smallest absolute Gasteiger partial charge is 0.344 e. The molecule has 166 valence electrons. The first-order valence-electron chi connectivity index (χ1n) is 9.16. The number of esters is 5. The number of carbonyl (C=O) groups is 5. The molecule has 0 aromatic rings. The molecule has 1 heterocycles. The summed E-state index contributed by atoms with van der Waals surface area (Å²) >= 11 is 0. The van der Waals surface area contributed by atoms with Crippen LogP contribution in [0.3, 0.4) is 0 Å². The molecule has 0 fully saturated rings. The van der Waals surface area contributed by atoms with Gasteiger partial charge in [0.1, 0.15) is 11.8 Å². The van der Waals surface area contributed by atoms with Crippen LogP contribution in [0.15, 0.2) is 16.3 Å². The second-order valence-corrected chi connectivity index (χ2v) is 6.02. The lowest BCUT2D eigenvalue weighted by molar-refractivity contribution is -0.163. The van der Waals surface area contributed by atoms with Crippen LogP contribution in [0, 0.1) is 11.8 Å². The van der Waals surface area contributed by atoms with Gasteiger partial charge in [-0.1, -0.05) is 0 Å². The summed E-state index contributed by atoms with van der Waals surface area (Å²) in [5.74, 6) is -7.23. The maximum absolute atomic E-state index is 12.6. The molecule has 11 heteroatoms. The summed E-state index contributed by atoms with van der Waals surface area (Å²) in [6.07, 6.45) is 0. The molecule has 0 saturated carbocycles. The van der Waals surface area contributed by atoms with Crippen LogP contribution >= 0.6 is 0 Å². The Hall–Kier alpha value is -3.24. The number of rotatable bonds is 9. The van der Waals surface area contributed by atoms with Crippen LogP contribution < -0.4 is 0 Å². The molecule has 0 aromatic carbocycles. The summed E-state index contributed by atoms with van der Waals surface area (Å²) < 4.78 is 24.0. The molecule has 30 heavy (non-hydrogen) atoms. The molecular formula is C19H25NO10. The van der Waals surface area contributed by atoms with Crippen molar-refractivity contribution in [2.24, 2.45) is 16.8 Å². The van der Waals surface area contributed by atoms with Gasteiger partial charge in [-0.05, 0) is 27.7 Å². The molecule has 0 aromatic heterocycles. The van der Waals surface area contributed by atoms with E-state index in [2.05, 4.69) is 14.5 Å². The van der Waals surface area contributed by atoms with E-state index in [1.165, 1.54) is 13.8 Å². The average molecular weight is 427 g/mol. The van der Waals surface area contributed by atoms with E-state index in [4.69, 9.17) is 14.2 Å². The van der Waals surface area contributed by atoms with Gasteiger partial charge in [-0.3, -0.25) is 14.6 Å². The number of methoxy groups -OCH3 is 1. The fraction of sp³-hybridized carbons (Fsp3) is 0.579. The summed E-state index contributed by atoms with van der Waals surface area (Å²) in [5, 5.41) is 0. The zero-order valence-corrected chi connectivity index (χ0v) is 17.5. The third-order valence-corrected chi connectivity index (χ3v) is 4.02. The number of allylic oxidation sites excluding steroid dienone is 1. The van der Waals surface area contributed by atoms with Crippen LogP contribution in [0.25, 0.3) is 0 Å². The van der Waals surface area contributed by atoms with Crippen molar-refractivity contribution in [2.75, 3.05) is 33.5 Å². The highest BCUT2D eigenvalue weighted by atomic mass is 16.6. The Morgan fingerprint density at radius 1 is 0.800 bits per heavy atom. The Kier molecular flexibility index (Phi) is 9.66. The first kappa shape index (κ1) is 24.8. The van der Waals surface area contributed by atoms with Gasteiger partial charge in [0, 0.05) is 11.4 Å². The molecule has 0 aliphatic carbocycles. The molecule has 2 atom stereocenters. The average Bonchev–Trinajstić information content (AvgIpc) is 2.69. The van der Waals surface area contributed by atoms with E-state index in [0.717, 1.165) is 7.11 Å². The van der Waals surface area contributed by atoms with Crippen molar-refractivity contribution < 1.29 is 47.7 Å². The van der Waals surface area contributed by atoms with E-state index in [1.807, 2.05) is 0 Å². The van der Waals surface area contributed by atoms with E-state index < -0.39 is 54.9 Å². The second kappa shape index (κ2) is 11.7. The van der Waals surface area contributed by atoms with E-state index >= 15 is 0 Å². The van der Waals surface area contributed by atoms with E-state index in [-0.39, 0.29) is 30.2 Å². The Labute approximate surface area is 173 Å². The van der Waals surface area contributed by atoms with Crippen LogP contribution in [-0.2, 0) is 47.7 Å². The molecule has 0 amide bonds. The lowest BCUT2D eigenvalue weighted by Crippen LogP contribution is -2.43. The predicted molar refractivity (Wildman–Crippen MR) is 100.0 cm³/mol. The van der Waals surface area contributed by atoms with Crippen molar-refractivity contribution in [3.8, 4) is 0 Å². The molecule has 0 saturated heterocycles. The van der Waals surface area contributed by atoms with E-state index in [0.29, 0.717) is 0 Å². The van der Waals surface area contributed by atoms with Gasteiger partial charge in [-0.25, -0.2) is 14.4 Å². The Morgan fingerprint density at radius 3 is 1.83 bits per heavy atom. The van der Waals surface area contributed by atoms with Crippen molar-refractivity contribution in [1.29, 1.82) is 0 Å². The second-order valence-electron chi connectivity index (χ2n) is 6.02. The topological polar surface area (TPSA) is 144 Å². The highest BCUT2D eigenvalue weighted by Gasteiger charge is 2.46. The predicted octanol–water partition coefficient (Wildman–Crippen LogP) is 0.353. The highest BCUT2D eigenvalue weighted by molar-refractivity contribution is 6.10. The number of hydrogen-bond acceptors (Lipinski definition) is 11. The number of aliphatic imine (C=N–C) groups is 1. The Morgan fingerprint density at radius 2 is 1.33 bits per heavy atom. The lowest BCUT2D eigenvalue weighted by atomic mass is 9.80. The van der Waals surface area contributed by atoms with Gasteiger partial charge in [-0.15, -0.1) is 0 Å². The molecule has 0 radical (unpaired) electrons. The highest BCUT2D eigenvalue weighted by Crippen LogP contribution is 2.33. The minimum absolute atomic E-state index is 0.0980. The minimum Gasteiger partial charge on any atom is -0.469 e. The molecule has 0 spiro atoms. The van der Waals surface area contributed by atoms with Crippen LogP contribution in [0.5, 0.6) is 0 Å². The Bertz CT molecular complexity index is 767. The normalized spacial score (nSPS) is 18.1. The zero-order valence-electron chi connectivity index (χ0n) is 17.5. The fourth-order valence-electron chi connectivity index (χ4n) is 2.82. The van der Waals surface area contributed by atoms with Gasteiger partial charge >= 0.3 is 29.8 Å². The molecule has 0 N–H and O–H groups in total. The first-order valence-corrected chi connectivity index (χ1v) is 9.16. The summed E-state index contributed by atoms with van der Waals surface area (Å²) in [6.45, 7) is 4.94. The third kappa shape index (κ3) is 6.39. The molecule has 2 unspecified atom stereocenters. The monoisotopic (exact) mass is 427 g/mol. The molecule has 1 aliphatic heterocycles. The van der Waals surface area contributed by atoms with Crippen LogP contribution in [0.2, 0.25) is 0 Å². The van der Waals surface area contributed by atoms with Gasteiger partial charge in [0.2, 0.25) is 0 Å². The number of nitrogens with zero attached hydrogens (tertiary/aromatic N) is 1. The molecule has 0 bridgehead atoms. The van der Waals surface area contributed by atoms with Gasteiger partial charge in [0.25, 0.3) is 0 Å². The van der Waals surface area contributed by atoms with Crippen LogP contribution in [0.1, 0.15) is 27.7 Å². The standard InChI is InChI=1S/C19H25NO10/c1-6-27-12(21)8-29-18(24)14-10(3)20-11(4)15(16(14)17(23)26-5)19(25)30-9-13(22)28-7-2/h14,16H,6-9H2,1-5H3. The largest absolute Gasteiger partial charge is 0.469 e. The van der Waals surface area contributed by atoms with Gasteiger partial charge < -0.3 is 23.7 Å². The molecule has 1 aliphatic rings. The number of hydrogen-bond donors (Lipinski definition) is 0. The minimum atomic E-state index is -1.43.